The quantitative estimate of drug-likeness (QED) is 0.709. The van der Waals surface area contributed by atoms with Crippen molar-refractivity contribution in [2.45, 2.75) is 46.1 Å². The van der Waals surface area contributed by atoms with Crippen molar-refractivity contribution >= 4 is 10.9 Å². The van der Waals surface area contributed by atoms with Gasteiger partial charge in [-0.2, -0.15) is 0 Å². The summed E-state index contributed by atoms with van der Waals surface area (Å²) in [6, 6.07) is 8.81. The lowest BCUT2D eigenvalue weighted by Crippen LogP contribution is -2.14. The van der Waals surface area contributed by atoms with E-state index in [1.165, 1.54) is 42.1 Å². The fourth-order valence-electron chi connectivity index (χ4n) is 2.62. The molecule has 0 aliphatic carbocycles. The Labute approximate surface area is 116 Å². The maximum Gasteiger partial charge on any atom is 0.0483 e. The standard InChI is InChI=1S/C17H26N2/c1-3-5-13-19-14-15(9-8-12-18-4-2)16-10-6-7-11-17(16)19/h6-7,10-11,14,18H,3-5,8-9,12-13H2,1-2H3. The number of aryl methyl sites for hydroxylation is 2. The van der Waals surface area contributed by atoms with Crippen LogP contribution >= 0.6 is 0 Å². The molecular weight excluding hydrogens is 232 g/mol. The van der Waals surface area contributed by atoms with Crippen molar-refractivity contribution in [2.24, 2.45) is 0 Å². The molecular formula is C17H26N2. The first kappa shape index (κ1) is 14.1. The van der Waals surface area contributed by atoms with E-state index < -0.39 is 0 Å². The predicted octanol–water partition coefficient (Wildman–Crippen LogP) is 3.98. The first-order chi connectivity index (χ1) is 9.36. The van der Waals surface area contributed by atoms with Crippen molar-refractivity contribution in [3.05, 3.63) is 36.0 Å². The fraction of sp³-hybridized carbons (Fsp3) is 0.529. The van der Waals surface area contributed by atoms with E-state index in [1.54, 1.807) is 0 Å². The van der Waals surface area contributed by atoms with Crippen molar-refractivity contribution in [1.29, 1.82) is 0 Å². The van der Waals surface area contributed by atoms with E-state index in [0.717, 1.165) is 19.6 Å². The molecule has 0 amide bonds. The van der Waals surface area contributed by atoms with Crippen LogP contribution in [0.1, 0.15) is 38.7 Å². The average molecular weight is 258 g/mol. The zero-order valence-electron chi connectivity index (χ0n) is 12.3. The number of unbranched alkanes of at least 4 members (excludes halogenated alkanes) is 1. The van der Waals surface area contributed by atoms with Gasteiger partial charge < -0.3 is 9.88 Å². The predicted molar refractivity (Wildman–Crippen MR) is 83.7 cm³/mol. The smallest absolute Gasteiger partial charge is 0.0483 e. The molecule has 0 fully saturated rings. The Morgan fingerprint density at radius 1 is 1.11 bits per heavy atom. The normalized spacial score (nSPS) is 11.3. The van der Waals surface area contributed by atoms with Crippen molar-refractivity contribution in [3.8, 4) is 0 Å². The highest BCUT2D eigenvalue weighted by molar-refractivity contribution is 5.83. The Kier molecular flexibility index (Phi) is 5.46. The zero-order chi connectivity index (χ0) is 13.5. The van der Waals surface area contributed by atoms with Gasteiger partial charge in [-0.1, -0.05) is 38.5 Å². The minimum atomic E-state index is 1.07. The van der Waals surface area contributed by atoms with Gasteiger partial charge in [-0.25, -0.2) is 0 Å². The van der Waals surface area contributed by atoms with Gasteiger partial charge in [0.2, 0.25) is 0 Å². The van der Waals surface area contributed by atoms with Gasteiger partial charge in [0.25, 0.3) is 0 Å². The molecule has 1 heterocycles. The SMILES string of the molecule is CCCCn1cc(CCCNCC)c2ccccc21. The molecule has 1 aromatic carbocycles. The molecule has 1 aromatic heterocycles. The van der Waals surface area contributed by atoms with Gasteiger partial charge in [0.05, 0.1) is 0 Å². The number of aromatic nitrogens is 1. The third kappa shape index (κ3) is 3.60. The summed E-state index contributed by atoms with van der Waals surface area (Å²) in [7, 11) is 0. The molecule has 0 saturated heterocycles. The first-order valence-electron chi connectivity index (χ1n) is 7.64. The number of benzene rings is 1. The lowest BCUT2D eigenvalue weighted by Gasteiger charge is -2.02. The highest BCUT2D eigenvalue weighted by Crippen LogP contribution is 2.22. The summed E-state index contributed by atoms with van der Waals surface area (Å²) in [5.74, 6) is 0. The van der Waals surface area contributed by atoms with Crippen LogP contribution in [-0.2, 0) is 13.0 Å². The van der Waals surface area contributed by atoms with Crippen LogP contribution in [0.4, 0.5) is 0 Å². The minimum absolute atomic E-state index is 1.07. The number of nitrogens with one attached hydrogen (secondary N) is 1. The molecule has 0 bridgehead atoms. The second-order valence-electron chi connectivity index (χ2n) is 5.18. The van der Waals surface area contributed by atoms with Crippen LogP contribution in [0.5, 0.6) is 0 Å². The van der Waals surface area contributed by atoms with E-state index >= 15 is 0 Å². The summed E-state index contributed by atoms with van der Waals surface area (Å²) in [4.78, 5) is 0. The highest BCUT2D eigenvalue weighted by Gasteiger charge is 2.07. The number of para-hydroxylation sites is 1. The molecule has 19 heavy (non-hydrogen) atoms. The van der Waals surface area contributed by atoms with Crippen molar-refractivity contribution in [2.75, 3.05) is 13.1 Å². The number of hydrogen-bond donors (Lipinski definition) is 1. The second-order valence-corrected chi connectivity index (χ2v) is 5.18. The molecule has 104 valence electrons. The lowest BCUT2D eigenvalue weighted by molar-refractivity contribution is 0.644. The summed E-state index contributed by atoms with van der Waals surface area (Å²) >= 11 is 0. The van der Waals surface area contributed by atoms with Crippen molar-refractivity contribution in [1.82, 2.24) is 9.88 Å². The van der Waals surface area contributed by atoms with Crippen LogP contribution < -0.4 is 5.32 Å². The van der Waals surface area contributed by atoms with Gasteiger partial charge in [0, 0.05) is 23.6 Å². The molecule has 0 saturated carbocycles. The molecule has 0 aliphatic rings. The Balaban J connectivity index is 2.13. The van der Waals surface area contributed by atoms with Gasteiger partial charge in [-0.3, -0.25) is 0 Å². The van der Waals surface area contributed by atoms with Gasteiger partial charge >= 0.3 is 0 Å². The summed E-state index contributed by atoms with van der Waals surface area (Å²) < 4.78 is 2.43. The molecule has 0 aliphatic heterocycles. The van der Waals surface area contributed by atoms with Gasteiger partial charge in [-0.15, -0.1) is 0 Å². The third-order valence-electron chi connectivity index (χ3n) is 3.67. The fourth-order valence-corrected chi connectivity index (χ4v) is 2.62. The van der Waals surface area contributed by atoms with Crippen LogP contribution in [0, 0.1) is 0 Å². The second kappa shape index (κ2) is 7.34. The molecule has 0 radical (unpaired) electrons. The minimum Gasteiger partial charge on any atom is -0.347 e. The van der Waals surface area contributed by atoms with E-state index in [9.17, 15) is 0 Å². The maximum absolute atomic E-state index is 3.40. The molecule has 2 heteroatoms. The Morgan fingerprint density at radius 3 is 2.74 bits per heavy atom. The topological polar surface area (TPSA) is 17.0 Å². The first-order valence-corrected chi connectivity index (χ1v) is 7.64. The monoisotopic (exact) mass is 258 g/mol. The summed E-state index contributed by atoms with van der Waals surface area (Å²) in [5.41, 5.74) is 2.90. The molecule has 1 N–H and O–H groups in total. The van der Waals surface area contributed by atoms with Crippen molar-refractivity contribution in [3.63, 3.8) is 0 Å². The Morgan fingerprint density at radius 2 is 1.95 bits per heavy atom. The van der Waals surface area contributed by atoms with E-state index in [2.05, 4.69) is 54.2 Å². The summed E-state index contributed by atoms with van der Waals surface area (Å²) in [6.45, 7) is 7.74. The molecule has 2 rings (SSSR count). The van der Waals surface area contributed by atoms with Gasteiger partial charge in [-0.05, 0) is 44.0 Å². The molecule has 0 unspecified atom stereocenters. The number of nitrogens with zero attached hydrogens (tertiary/aromatic N) is 1. The van der Waals surface area contributed by atoms with Crippen LogP contribution in [0.3, 0.4) is 0 Å². The van der Waals surface area contributed by atoms with Crippen LogP contribution in [-0.4, -0.2) is 17.7 Å². The third-order valence-corrected chi connectivity index (χ3v) is 3.67. The van der Waals surface area contributed by atoms with E-state index in [0.29, 0.717) is 0 Å². The molecule has 2 nitrogen and oxygen atoms in total. The lowest BCUT2D eigenvalue weighted by atomic mass is 10.1. The van der Waals surface area contributed by atoms with Crippen LogP contribution in [0.15, 0.2) is 30.5 Å². The van der Waals surface area contributed by atoms with E-state index in [-0.39, 0.29) is 0 Å². The number of rotatable bonds is 8. The number of hydrogen-bond acceptors (Lipinski definition) is 1. The van der Waals surface area contributed by atoms with Gasteiger partial charge in [0.1, 0.15) is 0 Å². The van der Waals surface area contributed by atoms with Crippen LogP contribution in [0.2, 0.25) is 0 Å². The average Bonchev–Trinajstić information content (AvgIpc) is 2.80. The Bertz CT molecular complexity index is 499. The summed E-state index contributed by atoms with van der Waals surface area (Å²) in [6.07, 6.45) is 7.27. The van der Waals surface area contributed by atoms with Crippen molar-refractivity contribution < 1.29 is 0 Å². The molecule has 2 aromatic rings. The van der Waals surface area contributed by atoms with Gasteiger partial charge in [0.15, 0.2) is 0 Å². The molecule has 0 spiro atoms. The van der Waals surface area contributed by atoms with Crippen LogP contribution in [0.25, 0.3) is 10.9 Å². The van der Waals surface area contributed by atoms with E-state index in [1.807, 2.05) is 0 Å². The molecule has 0 atom stereocenters. The number of fused-ring (bicyclic) bond motifs is 1. The van der Waals surface area contributed by atoms with E-state index in [4.69, 9.17) is 0 Å². The maximum atomic E-state index is 3.40. The Hall–Kier alpha value is -1.28. The largest absolute Gasteiger partial charge is 0.347 e. The highest BCUT2D eigenvalue weighted by atomic mass is 15.0. The zero-order valence-corrected chi connectivity index (χ0v) is 12.3. The summed E-state index contributed by atoms with van der Waals surface area (Å²) in [5, 5.41) is 4.84.